The average molecular weight is 293 g/mol. The fourth-order valence-electron chi connectivity index (χ4n) is 2.04. The van der Waals surface area contributed by atoms with Crippen LogP contribution in [0.1, 0.15) is 31.9 Å². The Morgan fingerprint density at radius 3 is 2.33 bits per heavy atom. The molecule has 0 bridgehead atoms. The molecule has 0 saturated heterocycles. The highest BCUT2D eigenvalue weighted by atomic mass is 16.3. The number of amides is 3. The molecule has 3 amide bonds. The molecular weight excluding hydrogens is 270 g/mol. The summed E-state index contributed by atoms with van der Waals surface area (Å²) in [6.07, 6.45) is 0.716. The Morgan fingerprint density at radius 2 is 1.86 bits per heavy atom. The topological polar surface area (TPSA) is 104 Å². The molecule has 1 rings (SSSR count). The summed E-state index contributed by atoms with van der Waals surface area (Å²) in [5, 5.41) is 14.7. The van der Waals surface area contributed by atoms with Gasteiger partial charge in [-0.05, 0) is 11.5 Å². The average Bonchev–Trinajstić information content (AvgIpc) is 2.49. The Balaban J connectivity index is 2.81. The van der Waals surface area contributed by atoms with Gasteiger partial charge in [-0.3, -0.25) is 4.79 Å². The van der Waals surface area contributed by atoms with Crippen molar-refractivity contribution >= 4 is 11.9 Å². The Labute approximate surface area is 124 Å². The first kappa shape index (κ1) is 17.0. The Morgan fingerprint density at radius 1 is 1.24 bits per heavy atom. The van der Waals surface area contributed by atoms with Gasteiger partial charge in [0.25, 0.3) is 0 Å². The van der Waals surface area contributed by atoms with E-state index in [2.05, 4.69) is 10.6 Å². The largest absolute Gasteiger partial charge is 0.394 e. The lowest BCUT2D eigenvalue weighted by atomic mass is 9.97. The molecule has 5 N–H and O–H groups in total. The van der Waals surface area contributed by atoms with Crippen LogP contribution < -0.4 is 16.4 Å². The molecule has 0 aliphatic rings. The predicted molar refractivity (Wildman–Crippen MR) is 80.4 cm³/mol. The molecule has 6 nitrogen and oxygen atoms in total. The fraction of sp³-hybridized carbons (Fsp3) is 0.467. The number of carbonyl (C=O) groups is 2. The van der Waals surface area contributed by atoms with E-state index in [1.807, 2.05) is 44.2 Å². The van der Waals surface area contributed by atoms with Crippen molar-refractivity contribution in [2.45, 2.75) is 32.4 Å². The first-order valence-electron chi connectivity index (χ1n) is 7.01. The minimum absolute atomic E-state index is 0.0624. The van der Waals surface area contributed by atoms with Gasteiger partial charge in [0.1, 0.15) is 6.04 Å². The summed E-state index contributed by atoms with van der Waals surface area (Å²) in [7, 11) is 0. The number of hydrogen-bond donors (Lipinski definition) is 4. The second kappa shape index (κ2) is 8.26. The lowest BCUT2D eigenvalue weighted by Gasteiger charge is -2.25. The van der Waals surface area contributed by atoms with Crippen molar-refractivity contribution in [2.75, 3.05) is 6.61 Å². The summed E-state index contributed by atoms with van der Waals surface area (Å²) < 4.78 is 0. The van der Waals surface area contributed by atoms with Crippen LogP contribution in [0.4, 0.5) is 4.79 Å². The number of primary amides is 1. The molecule has 0 aliphatic heterocycles. The minimum atomic E-state index is -0.740. The first-order chi connectivity index (χ1) is 9.99. The van der Waals surface area contributed by atoms with Gasteiger partial charge in [-0.25, -0.2) is 4.79 Å². The van der Waals surface area contributed by atoms with Crippen molar-refractivity contribution in [1.82, 2.24) is 10.6 Å². The van der Waals surface area contributed by atoms with Gasteiger partial charge in [-0.1, -0.05) is 50.6 Å². The molecule has 2 unspecified atom stereocenters. The van der Waals surface area contributed by atoms with Crippen LogP contribution in [-0.4, -0.2) is 29.7 Å². The number of carbonyl (C=O) groups excluding carboxylic acids is 2. The van der Waals surface area contributed by atoms with E-state index < -0.39 is 18.1 Å². The quantitative estimate of drug-likeness (QED) is 0.601. The van der Waals surface area contributed by atoms with Crippen LogP contribution in [0.3, 0.4) is 0 Å². The number of urea groups is 1. The van der Waals surface area contributed by atoms with Crippen molar-refractivity contribution in [1.29, 1.82) is 0 Å². The summed E-state index contributed by atoms with van der Waals surface area (Å²) in [4.78, 5) is 23.4. The van der Waals surface area contributed by atoms with E-state index >= 15 is 0 Å². The summed E-state index contributed by atoms with van der Waals surface area (Å²) in [6.45, 7) is 3.56. The predicted octanol–water partition coefficient (Wildman–Crippen LogP) is 0.919. The summed E-state index contributed by atoms with van der Waals surface area (Å²) in [5.41, 5.74) is 5.92. The molecule has 0 aliphatic carbocycles. The number of benzene rings is 1. The molecule has 0 spiro atoms. The molecule has 0 radical (unpaired) electrons. The third-order valence-corrected chi connectivity index (χ3v) is 3.49. The molecule has 6 heteroatoms. The lowest BCUT2D eigenvalue weighted by Crippen LogP contribution is -2.52. The number of rotatable bonds is 7. The van der Waals surface area contributed by atoms with Gasteiger partial charge < -0.3 is 21.5 Å². The molecule has 1 aromatic rings. The minimum Gasteiger partial charge on any atom is -0.394 e. The van der Waals surface area contributed by atoms with E-state index in [0.29, 0.717) is 6.42 Å². The molecule has 0 fully saturated rings. The lowest BCUT2D eigenvalue weighted by molar-refractivity contribution is -0.125. The van der Waals surface area contributed by atoms with Crippen LogP contribution in [0.25, 0.3) is 0 Å². The third kappa shape index (κ3) is 5.07. The molecular formula is C15H23N3O3. The molecule has 0 aromatic heterocycles. The molecule has 0 saturated carbocycles. The number of aliphatic hydroxyl groups excluding tert-OH is 1. The Bertz CT molecular complexity index is 464. The second-order valence-electron chi connectivity index (χ2n) is 5.03. The highest BCUT2D eigenvalue weighted by Gasteiger charge is 2.27. The maximum absolute atomic E-state index is 12.3. The smallest absolute Gasteiger partial charge is 0.312 e. The fourth-order valence-corrected chi connectivity index (χ4v) is 2.04. The third-order valence-electron chi connectivity index (χ3n) is 3.49. The maximum atomic E-state index is 12.3. The zero-order valence-electron chi connectivity index (χ0n) is 12.4. The molecule has 21 heavy (non-hydrogen) atoms. The van der Waals surface area contributed by atoms with Gasteiger partial charge in [-0.15, -0.1) is 0 Å². The summed E-state index contributed by atoms with van der Waals surface area (Å²) in [5.74, 6) is -0.418. The second-order valence-corrected chi connectivity index (χ2v) is 5.03. The highest BCUT2D eigenvalue weighted by molar-refractivity contribution is 5.87. The van der Waals surface area contributed by atoms with Gasteiger partial charge in [-0.2, -0.15) is 0 Å². The summed E-state index contributed by atoms with van der Waals surface area (Å²) >= 11 is 0. The SMILES string of the molecule is CCC(C)C(NC(N)=O)C(=O)N[C@@H](CO)c1ccccc1. The standard InChI is InChI=1S/C15H23N3O3/c1-3-10(2)13(18-15(16)21)14(20)17-12(9-19)11-7-5-4-6-8-11/h4-8,10,12-13,19H,3,9H2,1-2H3,(H,17,20)(H3,16,18,21)/t10?,12-,13?/m0/s1. The van der Waals surface area contributed by atoms with Crippen LogP contribution in [0.2, 0.25) is 0 Å². The van der Waals surface area contributed by atoms with E-state index in [4.69, 9.17) is 5.73 Å². The van der Waals surface area contributed by atoms with Crippen LogP contribution >= 0.6 is 0 Å². The number of nitrogens with two attached hydrogens (primary N) is 1. The summed E-state index contributed by atoms with van der Waals surface area (Å²) in [6, 6.07) is 7.19. The van der Waals surface area contributed by atoms with Crippen molar-refractivity contribution in [3.8, 4) is 0 Å². The van der Waals surface area contributed by atoms with Crippen LogP contribution in [0.15, 0.2) is 30.3 Å². The number of hydrogen-bond acceptors (Lipinski definition) is 3. The van der Waals surface area contributed by atoms with E-state index in [-0.39, 0.29) is 18.4 Å². The van der Waals surface area contributed by atoms with E-state index in [1.54, 1.807) is 0 Å². The van der Waals surface area contributed by atoms with Gasteiger partial charge in [0.15, 0.2) is 0 Å². The Kier molecular flexibility index (Phi) is 6.68. The molecule has 0 heterocycles. The first-order valence-corrected chi connectivity index (χ1v) is 7.01. The van der Waals surface area contributed by atoms with Crippen molar-refractivity contribution in [2.24, 2.45) is 11.7 Å². The van der Waals surface area contributed by atoms with Gasteiger partial charge in [0.2, 0.25) is 5.91 Å². The normalized spacial score (nSPS) is 14.8. The van der Waals surface area contributed by atoms with Crippen molar-refractivity contribution < 1.29 is 14.7 Å². The zero-order chi connectivity index (χ0) is 15.8. The van der Waals surface area contributed by atoms with Crippen LogP contribution in [0, 0.1) is 5.92 Å². The Hall–Kier alpha value is -2.08. The molecule has 1 aromatic carbocycles. The van der Waals surface area contributed by atoms with Crippen LogP contribution in [-0.2, 0) is 4.79 Å². The van der Waals surface area contributed by atoms with Crippen molar-refractivity contribution in [3.05, 3.63) is 35.9 Å². The number of nitrogens with one attached hydrogen (secondary N) is 2. The van der Waals surface area contributed by atoms with Crippen molar-refractivity contribution in [3.63, 3.8) is 0 Å². The zero-order valence-corrected chi connectivity index (χ0v) is 12.4. The van der Waals surface area contributed by atoms with Gasteiger partial charge >= 0.3 is 6.03 Å². The van der Waals surface area contributed by atoms with Gasteiger partial charge in [0, 0.05) is 0 Å². The van der Waals surface area contributed by atoms with E-state index in [1.165, 1.54) is 0 Å². The monoisotopic (exact) mass is 293 g/mol. The number of aliphatic hydroxyl groups is 1. The van der Waals surface area contributed by atoms with E-state index in [9.17, 15) is 14.7 Å². The highest BCUT2D eigenvalue weighted by Crippen LogP contribution is 2.14. The maximum Gasteiger partial charge on any atom is 0.312 e. The molecule has 3 atom stereocenters. The van der Waals surface area contributed by atoms with Crippen LogP contribution in [0.5, 0.6) is 0 Å². The van der Waals surface area contributed by atoms with E-state index in [0.717, 1.165) is 5.56 Å². The van der Waals surface area contributed by atoms with Gasteiger partial charge in [0.05, 0.1) is 12.6 Å². The molecule has 116 valence electrons.